The zero-order valence-corrected chi connectivity index (χ0v) is 9.13. The predicted molar refractivity (Wildman–Crippen MR) is 55.7 cm³/mol. The van der Waals surface area contributed by atoms with Crippen molar-refractivity contribution in [1.29, 1.82) is 0 Å². The highest BCUT2D eigenvalue weighted by Gasteiger charge is 2.30. The van der Waals surface area contributed by atoms with Crippen LogP contribution in [0.4, 0.5) is 4.39 Å². The Bertz CT molecular complexity index is 387. The molecule has 1 aromatic carbocycles. The second-order valence-electron chi connectivity index (χ2n) is 3.31. The van der Waals surface area contributed by atoms with Crippen LogP contribution >= 0.6 is 0 Å². The molecule has 94 valence electrons. The maximum atomic E-state index is 13.3. The first-order valence-corrected chi connectivity index (χ1v) is 4.99. The van der Waals surface area contributed by atoms with E-state index in [0.717, 1.165) is 12.1 Å². The summed E-state index contributed by atoms with van der Waals surface area (Å²) in [6.07, 6.45) is -3.83. The Labute approximate surface area is 97.1 Å². The van der Waals surface area contributed by atoms with E-state index in [-0.39, 0.29) is 6.61 Å². The molecule has 3 N–H and O–H groups in total. The molecule has 0 saturated heterocycles. The summed E-state index contributed by atoms with van der Waals surface area (Å²) in [6.45, 7) is 1.55. The van der Waals surface area contributed by atoms with Crippen LogP contribution < -0.4 is 0 Å². The number of phenolic OH excluding ortho intramolecular Hbond substituents is 1. The summed E-state index contributed by atoms with van der Waals surface area (Å²) in [4.78, 5) is 11.1. The fourth-order valence-electron chi connectivity index (χ4n) is 1.33. The van der Waals surface area contributed by atoms with Gasteiger partial charge in [-0.1, -0.05) is 6.07 Å². The van der Waals surface area contributed by atoms with Crippen molar-refractivity contribution in [2.24, 2.45) is 0 Å². The normalized spacial score (nSPS) is 14.1. The Kier molecular flexibility index (Phi) is 4.42. The van der Waals surface area contributed by atoms with Crippen LogP contribution in [0, 0.1) is 5.82 Å². The van der Waals surface area contributed by atoms with Crippen molar-refractivity contribution in [3.63, 3.8) is 0 Å². The molecule has 0 fully saturated rings. The van der Waals surface area contributed by atoms with Crippen molar-refractivity contribution in [1.82, 2.24) is 0 Å². The summed E-state index contributed by atoms with van der Waals surface area (Å²) in [5.41, 5.74) is -0.534. The molecule has 6 heteroatoms. The molecular formula is C11H13FO5. The largest absolute Gasteiger partial charge is 0.507 e. The van der Waals surface area contributed by atoms with Gasteiger partial charge in [0.1, 0.15) is 17.7 Å². The van der Waals surface area contributed by atoms with Gasteiger partial charge in [0.2, 0.25) is 0 Å². The van der Waals surface area contributed by atoms with Gasteiger partial charge < -0.3 is 20.1 Å². The van der Waals surface area contributed by atoms with E-state index in [1.807, 2.05) is 0 Å². The zero-order valence-electron chi connectivity index (χ0n) is 9.13. The van der Waals surface area contributed by atoms with Gasteiger partial charge in [-0.2, -0.15) is 0 Å². The fraction of sp³-hybridized carbons (Fsp3) is 0.364. The van der Waals surface area contributed by atoms with Crippen molar-refractivity contribution < 1.29 is 29.2 Å². The molecule has 2 unspecified atom stereocenters. The Hall–Kier alpha value is -1.66. The minimum atomic E-state index is -1.95. The Balaban J connectivity index is 2.96. The molecule has 0 saturated carbocycles. The number of hydrogen-bond donors (Lipinski definition) is 3. The van der Waals surface area contributed by atoms with E-state index in [4.69, 9.17) is 0 Å². The highest BCUT2D eigenvalue weighted by atomic mass is 19.1. The number of rotatable bonds is 4. The van der Waals surface area contributed by atoms with Crippen LogP contribution in [0.25, 0.3) is 0 Å². The topological polar surface area (TPSA) is 87.0 Å². The number of carbonyl (C=O) groups is 1. The van der Waals surface area contributed by atoms with Gasteiger partial charge in [0.15, 0.2) is 6.10 Å². The first-order chi connectivity index (χ1) is 7.99. The van der Waals surface area contributed by atoms with Gasteiger partial charge in [0, 0.05) is 0 Å². The standard InChI is InChI=1S/C11H13FO5/c1-2-17-11(16)10(15)9(14)8-6(12)4-3-5-7(8)13/h3-5,9-10,13-15H,2H2,1H3. The van der Waals surface area contributed by atoms with Crippen LogP contribution in [0.15, 0.2) is 18.2 Å². The lowest BCUT2D eigenvalue weighted by atomic mass is 10.0. The summed E-state index contributed by atoms with van der Waals surface area (Å²) < 4.78 is 17.8. The van der Waals surface area contributed by atoms with E-state index in [2.05, 4.69) is 4.74 Å². The summed E-state index contributed by atoms with van der Waals surface area (Å²) in [7, 11) is 0. The molecule has 1 rings (SSSR count). The second kappa shape index (κ2) is 5.60. The van der Waals surface area contributed by atoms with Crippen molar-refractivity contribution in [3.05, 3.63) is 29.6 Å². The van der Waals surface area contributed by atoms with Crippen molar-refractivity contribution in [2.75, 3.05) is 6.61 Å². The number of carbonyl (C=O) groups excluding carboxylic acids is 1. The summed E-state index contributed by atoms with van der Waals surface area (Å²) in [6, 6.07) is 3.37. The van der Waals surface area contributed by atoms with Crippen LogP contribution in [0.1, 0.15) is 18.6 Å². The second-order valence-corrected chi connectivity index (χ2v) is 3.31. The molecule has 0 radical (unpaired) electrons. The molecule has 0 spiro atoms. The van der Waals surface area contributed by atoms with Gasteiger partial charge >= 0.3 is 5.97 Å². The molecule has 0 heterocycles. The van der Waals surface area contributed by atoms with Crippen LogP contribution in [0.2, 0.25) is 0 Å². The van der Waals surface area contributed by atoms with E-state index in [9.17, 15) is 24.5 Å². The van der Waals surface area contributed by atoms with E-state index >= 15 is 0 Å². The zero-order chi connectivity index (χ0) is 13.0. The number of aromatic hydroxyl groups is 1. The average Bonchev–Trinajstić information content (AvgIpc) is 2.27. The number of benzene rings is 1. The molecule has 0 aliphatic carbocycles. The number of halogens is 1. The fourth-order valence-corrected chi connectivity index (χ4v) is 1.33. The highest BCUT2D eigenvalue weighted by molar-refractivity contribution is 5.75. The third kappa shape index (κ3) is 2.92. The van der Waals surface area contributed by atoms with E-state index in [1.54, 1.807) is 0 Å². The summed E-state index contributed by atoms with van der Waals surface area (Å²) in [5.74, 6) is -2.54. The maximum absolute atomic E-state index is 13.3. The third-order valence-corrected chi connectivity index (χ3v) is 2.15. The lowest BCUT2D eigenvalue weighted by molar-refractivity contribution is -0.159. The Morgan fingerprint density at radius 1 is 1.47 bits per heavy atom. The number of phenols is 1. The lowest BCUT2D eigenvalue weighted by Gasteiger charge is -2.18. The molecule has 2 atom stereocenters. The molecule has 0 aromatic heterocycles. The third-order valence-electron chi connectivity index (χ3n) is 2.15. The van der Waals surface area contributed by atoms with Gasteiger partial charge in [-0.15, -0.1) is 0 Å². The monoisotopic (exact) mass is 244 g/mol. The molecule has 0 amide bonds. The van der Waals surface area contributed by atoms with Gasteiger partial charge in [-0.05, 0) is 19.1 Å². The van der Waals surface area contributed by atoms with Crippen LogP contribution in [-0.4, -0.2) is 34.0 Å². The van der Waals surface area contributed by atoms with Crippen molar-refractivity contribution in [3.8, 4) is 5.75 Å². The van der Waals surface area contributed by atoms with E-state index in [1.165, 1.54) is 13.0 Å². The van der Waals surface area contributed by atoms with Crippen LogP contribution in [-0.2, 0) is 9.53 Å². The minimum absolute atomic E-state index is 0.0197. The first kappa shape index (κ1) is 13.4. The lowest BCUT2D eigenvalue weighted by Crippen LogP contribution is -2.30. The molecule has 5 nitrogen and oxygen atoms in total. The quantitative estimate of drug-likeness (QED) is 0.671. The SMILES string of the molecule is CCOC(=O)C(O)C(O)c1c(O)cccc1F. The highest BCUT2D eigenvalue weighted by Crippen LogP contribution is 2.29. The van der Waals surface area contributed by atoms with Gasteiger partial charge in [-0.25, -0.2) is 9.18 Å². The molecule has 0 aliphatic heterocycles. The number of aliphatic hydroxyl groups is 2. The minimum Gasteiger partial charge on any atom is -0.507 e. The van der Waals surface area contributed by atoms with Crippen LogP contribution in [0.3, 0.4) is 0 Å². The van der Waals surface area contributed by atoms with E-state index < -0.39 is 35.3 Å². The van der Waals surface area contributed by atoms with E-state index in [0.29, 0.717) is 0 Å². The maximum Gasteiger partial charge on any atom is 0.338 e. The summed E-state index contributed by atoms with van der Waals surface area (Å²) in [5, 5.41) is 28.4. The molecule has 0 aliphatic rings. The van der Waals surface area contributed by atoms with Crippen molar-refractivity contribution >= 4 is 5.97 Å². The molecular weight excluding hydrogens is 231 g/mol. The number of hydrogen-bond acceptors (Lipinski definition) is 5. The first-order valence-electron chi connectivity index (χ1n) is 4.99. The average molecular weight is 244 g/mol. The van der Waals surface area contributed by atoms with Crippen molar-refractivity contribution in [2.45, 2.75) is 19.1 Å². The summed E-state index contributed by atoms with van der Waals surface area (Å²) >= 11 is 0. The smallest absolute Gasteiger partial charge is 0.338 e. The molecule has 17 heavy (non-hydrogen) atoms. The molecule has 0 bridgehead atoms. The molecule has 1 aromatic rings. The van der Waals surface area contributed by atoms with Crippen LogP contribution in [0.5, 0.6) is 5.75 Å². The number of ether oxygens (including phenoxy) is 1. The van der Waals surface area contributed by atoms with Gasteiger partial charge in [0.25, 0.3) is 0 Å². The Morgan fingerprint density at radius 2 is 2.12 bits per heavy atom. The van der Waals surface area contributed by atoms with Gasteiger partial charge in [0.05, 0.1) is 12.2 Å². The Morgan fingerprint density at radius 3 is 2.65 bits per heavy atom. The number of esters is 1. The van der Waals surface area contributed by atoms with Gasteiger partial charge in [-0.3, -0.25) is 0 Å². The number of aliphatic hydroxyl groups excluding tert-OH is 2. The predicted octanol–water partition coefficient (Wildman–Crippen LogP) is 0.489.